The Morgan fingerprint density at radius 1 is 1.29 bits per heavy atom. The first-order valence-electron chi connectivity index (χ1n) is 8.15. The van der Waals surface area contributed by atoms with Crippen molar-refractivity contribution in [2.75, 3.05) is 6.54 Å². The van der Waals surface area contributed by atoms with E-state index in [1.165, 1.54) is 0 Å². The third-order valence-corrected chi connectivity index (χ3v) is 4.63. The van der Waals surface area contributed by atoms with E-state index in [4.69, 9.17) is 0 Å². The van der Waals surface area contributed by atoms with E-state index in [1.54, 1.807) is 0 Å². The van der Waals surface area contributed by atoms with Crippen molar-refractivity contribution in [2.24, 2.45) is 0 Å². The lowest BCUT2D eigenvalue weighted by Crippen LogP contribution is -2.42. The molecule has 24 heavy (non-hydrogen) atoms. The van der Waals surface area contributed by atoms with Gasteiger partial charge in [-0.05, 0) is 49.3 Å². The molecule has 1 aliphatic heterocycles. The van der Waals surface area contributed by atoms with Crippen molar-refractivity contribution >= 4 is 22.7 Å². The molecular weight excluding hydrogens is 306 g/mol. The van der Waals surface area contributed by atoms with E-state index in [1.807, 2.05) is 32.0 Å². The number of aromatic amines is 1. The van der Waals surface area contributed by atoms with Gasteiger partial charge in [-0.15, -0.1) is 0 Å². The normalized spacial score (nSPS) is 17.1. The summed E-state index contributed by atoms with van der Waals surface area (Å²) in [6.45, 7) is 4.37. The van der Waals surface area contributed by atoms with E-state index >= 15 is 0 Å². The molecule has 3 rings (SSSR count). The van der Waals surface area contributed by atoms with Crippen molar-refractivity contribution in [3.8, 4) is 0 Å². The van der Waals surface area contributed by atoms with Gasteiger partial charge in [0.05, 0.1) is 5.52 Å². The molecule has 6 heteroatoms. The minimum atomic E-state index is -0.446. The highest BCUT2D eigenvalue weighted by Gasteiger charge is 2.26. The smallest absolute Gasteiger partial charge is 0.251 e. The van der Waals surface area contributed by atoms with Crippen LogP contribution in [0.3, 0.4) is 0 Å². The van der Waals surface area contributed by atoms with Gasteiger partial charge in [-0.1, -0.05) is 12.1 Å². The summed E-state index contributed by atoms with van der Waals surface area (Å²) in [5, 5.41) is 6.40. The van der Waals surface area contributed by atoms with Crippen LogP contribution in [0.25, 0.3) is 10.9 Å². The molecule has 1 aromatic carbocycles. The monoisotopic (exact) mass is 327 g/mol. The molecule has 1 aliphatic rings. The summed E-state index contributed by atoms with van der Waals surface area (Å²) in [6.07, 6.45) is 1.37. The van der Waals surface area contributed by atoms with Crippen LogP contribution in [-0.4, -0.2) is 29.4 Å². The quantitative estimate of drug-likeness (QED) is 0.785. The van der Waals surface area contributed by atoms with Crippen LogP contribution in [0.15, 0.2) is 23.0 Å². The molecule has 0 aliphatic carbocycles. The van der Waals surface area contributed by atoms with E-state index in [9.17, 15) is 14.4 Å². The predicted octanol–water partition coefficient (Wildman–Crippen LogP) is 1.08. The molecule has 0 spiro atoms. The van der Waals surface area contributed by atoms with Crippen molar-refractivity contribution in [1.82, 2.24) is 15.6 Å². The lowest BCUT2D eigenvalue weighted by Gasteiger charge is -2.11. The summed E-state index contributed by atoms with van der Waals surface area (Å²) < 4.78 is 0. The average molecular weight is 327 g/mol. The van der Waals surface area contributed by atoms with Crippen molar-refractivity contribution in [2.45, 2.75) is 39.2 Å². The number of nitrogens with one attached hydrogen (secondary N) is 3. The first-order valence-corrected chi connectivity index (χ1v) is 8.15. The molecule has 1 fully saturated rings. The van der Waals surface area contributed by atoms with Crippen LogP contribution in [0.5, 0.6) is 0 Å². The molecule has 0 saturated carbocycles. The maximum absolute atomic E-state index is 12.2. The number of fused-ring (bicyclic) bond motifs is 1. The number of aryl methyl sites for hydroxylation is 2. The number of H-pyrrole nitrogens is 1. The average Bonchev–Trinajstić information content (AvgIpc) is 2.99. The number of aromatic nitrogens is 1. The Bertz CT molecular complexity index is 870. The fourth-order valence-corrected chi connectivity index (χ4v) is 3.01. The zero-order chi connectivity index (χ0) is 17.3. The Hall–Kier alpha value is -2.63. The molecule has 1 unspecified atom stereocenters. The van der Waals surface area contributed by atoms with Gasteiger partial charge in [0.1, 0.15) is 6.04 Å². The number of pyridine rings is 1. The molecule has 1 saturated heterocycles. The summed E-state index contributed by atoms with van der Waals surface area (Å²) in [6, 6.07) is 5.45. The molecule has 3 N–H and O–H groups in total. The third-order valence-electron chi connectivity index (χ3n) is 4.63. The highest BCUT2D eigenvalue weighted by molar-refractivity contribution is 5.90. The Morgan fingerprint density at radius 2 is 2.08 bits per heavy atom. The van der Waals surface area contributed by atoms with Crippen LogP contribution in [0.2, 0.25) is 0 Å². The molecule has 0 radical (unpaired) electrons. The van der Waals surface area contributed by atoms with E-state index in [0.717, 1.165) is 22.0 Å². The molecule has 6 nitrogen and oxygen atoms in total. The number of hydrogen-bond donors (Lipinski definition) is 3. The van der Waals surface area contributed by atoms with Gasteiger partial charge in [0.15, 0.2) is 0 Å². The second-order valence-electron chi connectivity index (χ2n) is 6.30. The standard InChI is InChI=1S/C18H21N3O3/c1-10-3-4-12-9-13(17(23)21-16(12)11(10)2)7-8-19-18(24)14-5-6-15(22)20-14/h3-4,9,14H,5-8H2,1-2H3,(H,19,24)(H,20,22)(H,21,23). The molecule has 1 aromatic heterocycles. The highest BCUT2D eigenvalue weighted by atomic mass is 16.2. The first kappa shape index (κ1) is 16.2. The summed E-state index contributed by atoms with van der Waals surface area (Å²) in [4.78, 5) is 38.3. The maximum atomic E-state index is 12.2. The van der Waals surface area contributed by atoms with Gasteiger partial charge in [-0.25, -0.2) is 0 Å². The van der Waals surface area contributed by atoms with Crippen molar-refractivity contribution in [3.63, 3.8) is 0 Å². The Morgan fingerprint density at radius 3 is 2.79 bits per heavy atom. The summed E-state index contributed by atoms with van der Waals surface area (Å²) in [5.74, 6) is -0.281. The van der Waals surface area contributed by atoms with Crippen LogP contribution in [0.1, 0.15) is 29.5 Å². The zero-order valence-electron chi connectivity index (χ0n) is 13.9. The molecule has 126 valence electrons. The Kier molecular flexibility index (Phi) is 4.38. The summed E-state index contributed by atoms with van der Waals surface area (Å²) in [5.41, 5.74) is 3.58. The van der Waals surface area contributed by atoms with Gasteiger partial charge in [0, 0.05) is 18.5 Å². The summed E-state index contributed by atoms with van der Waals surface area (Å²) in [7, 11) is 0. The van der Waals surface area contributed by atoms with E-state index in [0.29, 0.717) is 31.4 Å². The Balaban J connectivity index is 1.68. The van der Waals surface area contributed by atoms with Gasteiger partial charge >= 0.3 is 0 Å². The van der Waals surface area contributed by atoms with Crippen molar-refractivity contribution in [1.29, 1.82) is 0 Å². The zero-order valence-corrected chi connectivity index (χ0v) is 13.9. The predicted molar refractivity (Wildman–Crippen MR) is 91.9 cm³/mol. The number of hydrogen-bond acceptors (Lipinski definition) is 3. The molecule has 0 bridgehead atoms. The first-order chi connectivity index (χ1) is 11.5. The van der Waals surface area contributed by atoms with E-state index < -0.39 is 6.04 Å². The van der Waals surface area contributed by atoms with Gasteiger partial charge in [0.2, 0.25) is 11.8 Å². The largest absolute Gasteiger partial charge is 0.354 e. The number of amides is 2. The second kappa shape index (κ2) is 6.47. The van der Waals surface area contributed by atoms with Gasteiger partial charge in [0.25, 0.3) is 5.56 Å². The number of benzene rings is 1. The molecule has 2 amide bonds. The minimum Gasteiger partial charge on any atom is -0.354 e. The lowest BCUT2D eigenvalue weighted by atomic mass is 10.0. The minimum absolute atomic E-state index is 0.0909. The van der Waals surface area contributed by atoms with Crippen LogP contribution >= 0.6 is 0 Å². The van der Waals surface area contributed by atoms with E-state index in [-0.39, 0.29) is 17.4 Å². The molecule has 1 atom stereocenters. The van der Waals surface area contributed by atoms with Crippen LogP contribution in [0.4, 0.5) is 0 Å². The Labute approximate surface area is 139 Å². The third kappa shape index (κ3) is 3.18. The topological polar surface area (TPSA) is 91.1 Å². The highest BCUT2D eigenvalue weighted by Crippen LogP contribution is 2.18. The lowest BCUT2D eigenvalue weighted by molar-refractivity contribution is -0.125. The fraction of sp³-hybridized carbons (Fsp3) is 0.389. The summed E-state index contributed by atoms with van der Waals surface area (Å²) >= 11 is 0. The van der Waals surface area contributed by atoms with Crippen LogP contribution in [0, 0.1) is 13.8 Å². The van der Waals surface area contributed by atoms with Crippen LogP contribution in [-0.2, 0) is 16.0 Å². The van der Waals surface area contributed by atoms with Gasteiger partial charge < -0.3 is 15.6 Å². The molecule has 2 aromatic rings. The maximum Gasteiger partial charge on any atom is 0.251 e. The molecular formula is C18H21N3O3. The van der Waals surface area contributed by atoms with Crippen molar-refractivity contribution in [3.05, 3.63) is 45.2 Å². The molecule has 2 heterocycles. The SMILES string of the molecule is Cc1ccc2cc(CCNC(=O)C3CCC(=O)N3)c(=O)[nH]c2c1C. The van der Waals surface area contributed by atoms with Crippen molar-refractivity contribution < 1.29 is 9.59 Å². The van der Waals surface area contributed by atoms with Gasteiger partial charge in [-0.2, -0.15) is 0 Å². The number of carbonyl (C=O) groups is 2. The second-order valence-corrected chi connectivity index (χ2v) is 6.30. The van der Waals surface area contributed by atoms with Gasteiger partial charge in [-0.3, -0.25) is 14.4 Å². The number of carbonyl (C=O) groups excluding carboxylic acids is 2. The van der Waals surface area contributed by atoms with Crippen LogP contribution < -0.4 is 16.2 Å². The van der Waals surface area contributed by atoms with E-state index in [2.05, 4.69) is 15.6 Å². The number of rotatable bonds is 4. The fourth-order valence-electron chi connectivity index (χ4n) is 3.01.